The van der Waals surface area contributed by atoms with Crippen LogP contribution in [0.5, 0.6) is 0 Å². The van der Waals surface area contributed by atoms with Crippen LogP contribution in [0.25, 0.3) is 33.3 Å². The summed E-state index contributed by atoms with van der Waals surface area (Å²) in [4.78, 5) is 38.7. The fourth-order valence-electron chi connectivity index (χ4n) is 4.23. The summed E-state index contributed by atoms with van der Waals surface area (Å²) in [7, 11) is 1.70. The number of aryl methyl sites for hydroxylation is 1. The Morgan fingerprint density at radius 2 is 1.87 bits per heavy atom. The highest BCUT2D eigenvalue weighted by atomic mass is 16.2. The molecule has 0 bridgehead atoms. The maximum absolute atomic E-state index is 13.3. The van der Waals surface area contributed by atoms with E-state index < -0.39 is 0 Å². The molecule has 1 amide bonds. The Labute approximate surface area is 176 Å². The lowest BCUT2D eigenvalue weighted by atomic mass is 10.0. The van der Waals surface area contributed by atoms with Crippen molar-refractivity contribution in [2.24, 2.45) is 7.05 Å². The Hall–Kier alpha value is -4.20. The molecule has 0 radical (unpaired) electrons. The molecule has 5 aromatic rings. The van der Waals surface area contributed by atoms with Gasteiger partial charge in [0.1, 0.15) is 0 Å². The lowest BCUT2D eigenvalue weighted by molar-refractivity contribution is 0.0989. The summed E-state index contributed by atoms with van der Waals surface area (Å²) < 4.78 is 3.61. The van der Waals surface area contributed by atoms with Crippen molar-refractivity contribution < 1.29 is 4.79 Å². The molecule has 0 unspecified atom stereocenters. The quantitative estimate of drug-likeness (QED) is 0.485. The Morgan fingerprint density at radius 3 is 2.77 bits per heavy atom. The molecule has 0 atom stereocenters. The number of imidazole rings is 2. The number of benzene rings is 2. The fraction of sp³-hybridized carbons (Fsp3) is 0.130. The minimum absolute atomic E-state index is 0.0843. The van der Waals surface area contributed by atoms with Crippen LogP contribution < -0.4 is 10.6 Å². The molecule has 152 valence electrons. The average Bonchev–Trinajstić information content (AvgIpc) is 3.45. The molecule has 1 aliphatic rings. The molecule has 3 aromatic heterocycles. The number of aromatic nitrogens is 5. The predicted molar refractivity (Wildman–Crippen MR) is 118 cm³/mol. The van der Waals surface area contributed by atoms with Gasteiger partial charge in [-0.2, -0.15) is 0 Å². The van der Waals surface area contributed by atoms with Crippen molar-refractivity contribution in [1.29, 1.82) is 0 Å². The molecule has 6 rings (SSSR count). The smallest absolute Gasteiger partial charge is 0.308 e. The van der Waals surface area contributed by atoms with E-state index in [0.717, 1.165) is 28.7 Å². The zero-order valence-corrected chi connectivity index (χ0v) is 16.7. The van der Waals surface area contributed by atoms with Gasteiger partial charge in [0.05, 0.1) is 16.6 Å². The molecule has 31 heavy (non-hydrogen) atoms. The lowest BCUT2D eigenvalue weighted by Gasteiger charge is -2.14. The van der Waals surface area contributed by atoms with Crippen molar-refractivity contribution in [1.82, 2.24) is 24.1 Å². The van der Waals surface area contributed by atoms with Gasteiger partial charge in [-0.25, -0.2) is 14.8 Å². The number of hydrogen-bond donors (Lipinski definition) is 1. The van der Waals surface area contributed by atoms with E-state index in [2.05, 4.69) is 19.5 Å². The number of rotatable bonds is 2. The van der Waals surface area contributed by atoms with Crippen LogP contribution in [0.1, 0.15) is 10.4 Å². The van der Waals surface area contributed by atoms with Crippen LogP contribution in [0.15, 0.2) is 65.6 Å². The molecule has 4 heterocycles. The van der Waals surface area contributed by atoms with Gasteiger partial charge in [0.15, 0.2) is 5.65 Å². The average molecular weight is 410 g/mol. The van der Waals surface area contributed by atoms with E-state index in [9.17, 15) is 9.59 Å². The van der Waals surface area contributed by atoms with Crippen LogP contribution in [0.3, 0.4) is 0 Å². The second-order valence-corrected chi connectivity index (χ2v) is 7.67. The summed E-state index contributed by atoms with van der Waals surface area (Å²) in [5.74, 6) is 0.598. The van der Waals surface area contributed by atoms with E-state index in [1.807, 2.05) is 54.6 Å². The molecule has 1 aliphatic heterocycles. The maximum atomic E-state index is 13.3. The van der Waals surface area contributed by atoms with E-state index in [1.165, 1.54) is 4.57 Å². The van der Waals surface area contributed by atoms with Crippen molar-refractivity contribution in [3.63, 3.8) is 0 Å². The van der Waals surface area contributed by atoms with Gasteiger partial charge in [0.25, 0.3) is 5.91 Å². The number of amides is 1. The SMILES string of the molecule is Cn1c(=O)[nH]c2ncc(-c3cccc(C(=O)N4CCn5c4nc4ccccc45)c3)cc21. The number of carbonyl (C=O) groups is 1. The molecule has 8 heteroatoms. The molecule has 0 saturated heterocycles. The number of nitrogens with zero attached hydrogens (tertiary/aromatic N) is 5. The summed E-state index contributed by atoms with van der Waals surface area (Å²) in [6.45, 7) is 1.32. The Kier molecular flexibility index (Phi) is 3.64. The molecule has 1 N–H and O–H groups in total. The molecule has 0 spiro atoms. The first-order chi connectivity index (χ1) is 15.1. The Balaban J connectivity index is 1.38. The minimum atomic E-state index is -0.208. The van der Waals surface area contributed by atoms with Gasteiger partial charge in [-0.15, -0.1) is 0 Å². The summed E-state index contributed by atoms with van der Waals surface area (Å²) in [6, 6.07) is 17.3. The summed E-state index contributed by atoms with van der Waals surface area (Å²) in [6.07, 6.45) is 1.71. The number of pyridine rings is 1. The van der Waals surface area contributed by atoms with E-state index in [4.69, 9.17) is 0 Å². The maximum Gasteiger partial charge on any atom is 0.327 e. The van der Waals surface area contributed by atoms with Gasteiger partial charge in [0, 0.05) is 37.5 Å². The molecular weight excluding hydrogens is 392 g/mol. The number of nitrogens with one attached hydrogen (secondary N) is 1. The fourth-order valence-corrected chi connectivity index (χ4v) is 4.23. The lowest BCUT2D eigenvalue weighted by Crippen LogP contribution is -2.29. The van der Waals surface area contributed by atoms with Gasteiger partial charge >= 0.3 is 5.69 Å². The number of hydrogen-bond acceptors (Lipinski definition) is 4. The predicted octanol–water partition coefficient (Wildman–Crippen LogP) is 2.94. The van der Waals surface area contributed by atoms with E-state index in [0.29, 0.717) is 29.2 Å². The number of aromatic amines is 1. The zero-order valence-electron chi connectivity index (χ0n) is 16.7. The van der Waals surface area contributed by atoms with E-state index >= 15 is 0 Å². The summed E-state index contributed by atoms with van der Waals surface area (Å²) >= 11 is 0. The van der Waals surface area contributed by atoms with Crippen molar-refractivity contribution in [3.05, 3.63) is 76.8 Å². The minimum Gasteiger partial charge on any atom is -0.308 e. The summed E-state index contributed by atoms with van der Waals surface area (Å²) in [5.41, 5.74) is 5.26. The normalized spacial score (nSPS) is 13.3. The van der Waals surface area contributed by atoms with Gasteiger partial charge < -0.3 is 4.57 Å². The third kappa shape index (κ3) is 2.61. The Morgan fingerprint density at radius 1 is 1.00 bits per heavy atom. The van der Waals surface area contributed by atoms with Crippen molar-refractivity contribution in [3.8, 4) is 11.1 Å². The van der Waals surface area contributed by atoms with Crippen LogP contribution in [0.4, 0.5) is 5.95 Å². The molecule has 0 aliphatic carbocycles. The first-order valence-electron chi connectivity index (χ1n) is 10.0. The number of para-hydroxylation sites is 2. The topological polar surface area (TPSA) is 88.8 Å². The highest BCUT2D eigenvalue weighted by molar-refractivity contribution is 6.07. The van der Waals surface area contributed by atoms with Crippen LogP contribution in [-0.4, -0.2) is 36.5 Å². The third-order valence-corrected chi connectivity index (χ3v) is 5.87. The standard InChI is InChI=1S/C23H18N6O2/c1-27-19-12-16(13-24-20(19)26-23(27)31)14-5-4-6-15(11-14)21(30)29-10-9-28-18-8-3-2-7-17(18)25-22(28)29/h2-8,11-13H,9-10H2,1H3,(H,24,26,31). The van der Waals surface area contributed by atoms with Crippen molar-refractivity contribution in [2.75, 3.05) is 11.4 Å². The monoisotopic (exact) mass is 410 g/mol. The second-order valence-electron chi connectivity index (χ2n) is 7.67. The van der Waals surface area contributed by atoms with Gasteiger partial charge in [-0.05, 0) is 35.9 Å². The molecular formula is C23H18N6O2. The summed E-state index contributed by atoms with van der Waals surface area (Å²) in [5, 5.41) is 0. The van der Waals surface area contributed by atoms with Crippen LogP contribution in [-0.2, 0) is 13.6 Å². The van der Waals surface area contributed by atoms with Crippen LogP contribution >= 0.6 is 0 Å². The molecule has 8 nitrogen and oxygen atoms in total. The van der Waals surface area contributed by atoms with Crippen molar-refractivity contribution >= 4 is 34.1 Å². The second kappa shape index (κ2) is 6.40. The first-order valence-corrected chi connectivity index (χ1v) is 10.0. The van der Waals surface area contributed by atoms with Gasteiger partial charge in [-0.3, -0.25) is 19.2 Å². The zero-order chi connectivity index (χ0) is 21.1. The highest BCUT2D eigenvalue weighted by Crippen LogP contribution is 2.29. The molecule has 2 aromatic carbocycles. The molecule has 0 fully saturated rings. The largest absolute Gasteiger partial charge is 0.327 e. The number of carbonyl (C=O) groups excluding carboxylic acids is 1. The molecule has 0 saturated carbocycles. The van der Waals surface area contributed by atoms with Gasteiger partial charge in [0.2, 0.25) is 5.95 Å². The van der Waals surface area contributed by atoms with Crippen LogP contribution in [0, 0.1) is 0 Å². The third-order valence-electron chi connectivity index (χ3n) is 5.87. The first kappa shape index (κ1) is 17.6. The highest BCUT2D eigenvalue weighted by Gasteiger charge is 2.29. The number of anilines is 1. The Bertz CT molecular complexity index is 1560. The van der Waals surface area contributed by atoms with E-state index in [1.54, 1.807) is 18.1 Å². The van der Waals surface area contributed by atoms with Crippen LogP contribution in [0.2, 0.25) is 0 Å². The number of H-pyrrole nitrogens is 1. The van der Waals surface area contributed by atoms with E-state index in [-0.39, 0.29) is 11.6 Å². The van der Waals surface area contributed by atoms with Crippen molar-refractivity contribution in [2.45, 2.75) is 6.54 Å². The number of fused-ring (bicyclic) bond motifs is 4. The van der Waals surface area contributed by atoms with Gasteiger partial charge in [-0.1, -0.05) is 24.3 Å².